The highest BCUT2D eigenvalue weighted by molar-refractivity contribution is 7.89. The van der Waals surface area contributed by atoms with Crippen LogP contribution in [0.5, 0.6) is 0 Å². The normalized spacial score (nSPS) is 11.9. The van der Waals surface area contributed by atoms with Crippen molar-refractivity contribution in [2.45, 2.75) is 24.9 Å². The van der Waals surface area contributed by atoms with Crippen molar-refractivity contribution in [1.82, 2.24) is 4.72 Å². The summed E-state index contributed by atoms with van der Waals surface area (Å²) in [7, 11) is -3.48. The second kappa shape index (κ2) is 5.50. The van der Waals surface area contributed by atoms with E-state index < -0.39 is 10.0 Å². The third-order valence-corrected chi connectivity index (χ3v) is 6.22. The lowest BCUT2D eigenvalue weighted by Crippen LogP contribution is -2.24. The molecule has 2 rings (SSSR count). The van der Waals surface area contributed by atoms with Crippen molar-refractivity contribution in [1.29, 1.82) is 0 Å². The van der Waals surface area contributed by atoms with E-state index >= 15 is 0 Å². The van der Waals surface area contributed by atoms with Gasteiger partial charge in [-0.3, -0.25) is 0 Å². The van der Waals surface area contributed by atoms with E-state index in [0.29, 0.717) is 16.3 Å². The Labute approximate surface area is 115 Å². The molecule has 0 aliphatic carbocycles. The predicted molar refractivity (Wildman–Crippen MR) is 75.3 cm³/mol. The van der Waals surface area contributed by atoms with E-state index in [1.165, 1.54) is 22.7 Å². The summed E-state index contributed by atoms with van der Waals surface area (Å²) in [4.78, 5) is 2.03. The Morgan fingerprint density at radius 3 is 2.78 bits per heavy atom. The van der Waals surface area contributed by atoms with Crippen LogP contribution in [0.15, 0.2) is 27.8 Å². The van der Waals surface area contributed by atoms with Crippen molar-refractivity contribution in [2.75, 3.05) is 0 Å². The van der Waals surface area contributed by atoms with Crippen molar-refractivity contribution >= 4 is 32.7 Å². The summed E-state index contributed by atoms with van der Waals surface area (Å²) in [5.74, 6) is 0. The number of aryl methyl sites for hydroxylation is 1. The zero-order valence-electron chi connectivity index (χ0n) is 9.84. The van der Waals surface area contributed by atoms with Crippen LogP contribution in [0.25, 0.3) is 0 Å². The van der Waals surface area contributed by atoms with Crippen molar-refractivity contribution in [3.8, 4) is 0 Å². The lowest BCUT2D eigenvalue weighted by molar-refractivity contribution is 0.580. The molecule has 0 aliphatic rings. The summed E-state index contributed by atoms with van der Waals surface area (Å²) in [5.41, 5.74) is 6.32. The fraction of sp³-hybridized carbons (Fsp3) is 0.273. The lowest BCUT2D eigenvalue weighted by atomic mass is 10.3. The zero-order chi connectivity index (χ0) is 13.2. The van der Waals surface area contributed by atoms with Crippen LogP contribution in [0.3, 0.4) is 0 Å². The molecular weight excluding hydrogens is 288 g/mol. The molecule has 3 N–H and O–H groups in total. The minimum absolute atomic E-state index is 0.244. The fourth-order valence-electron chi connectivity index (χ4n) is 1.64. The van der Waals surface area contributed by atoms with Crippen molar-refractivity contribution in [3.05, 3.63) is 38.2 Å². The Morgan fingerprint density at radius 1 is 1.39 bits per heavy atom. The summed E-state index contributed by atoms with van der Waals surface area (Å²) in [6.07, 6.45) is 0. The summed E-state index contributed by atoms with van der Waals surface area (Å²) < 4.78 is 27.1. The van der Waals surface area contributed by atoms with E-state index in [4.69, 9.17) is 5.73 Å². The molecule has 2 aromatic heterocycles. The van der Waals surface area contributed by atoms with E-state index in [-0.39, 0.29) is 6.54 Å². The van der Waals surface area contributed by atoms with Crippen LogP contribution in [0.4, 0.5) is 0 Å². The average molecular weight is 302 g/mol. The topological polar surface area (TPSA) is 72.2 Å². The van der Waals surface area contributed by atoms with Gasteiger partial charge in [-0.25, -0.2) is 13.1 Å². The molecule has 0 amide bonds. The summed E-state index contributed by atoms with van der Waals surface area (Å²) in [5, 5.41) is 3.74. The lowest BCUT2D eigenvalue weighted by Gasteiger charge is -2.07. The average Bonchev–Trinajstić information content (AvgIpc) is 2.95. The first-order chi connectivity index (χ1) is 8.54. The summed E-state index contributed by atoms with van der Waals surface area (Å²) in [6.45, 7) is 2.35. The molecule has 4 nitrogen and oxygen atoms in total. The maximum absolute atomic E-state index is 12.2. The predicted octanol–water partition coefficient (Wildman–Crippen LogP) is 2.06. The van der Waals surface area contributed by atoms with Crippen LogP contribution in [0.1, 0.15) is 15.3 Å². The molecule has 0 aliphatic heterocycles. The van der Waals surface area contributed by atoms with E-state index in [1.54, 1.807) is 6.92 Å². The van der Waals surface area contributed by atoms with E-state index in [9.17, 15) is 8.42 Å². The Bertz CT molecular complexity index is 615. The molecule has 0 saturated heterocycles. The number of nitrogens with two attached hydrogens (primary N) is 1. The van der Waals surface area contributed by atoms with Crippen LogP contribution >= 0.6 is 22.7 Å². The number of thiophene rings is 2. The Morgan fingerprint density at radius 2 is 2.17 bits per heavy atom. The van der Waals surface area contributed by atoms with Gasteiger partial charge in [0.15, 0.2) is 0 Å². The van der Waals surface area contributed by atoms with Gasteiger partial charge in [0.05, 0.1) is 0 Å². The smallest absolute Gasteiger partial charge is 0.242 e. The Balaban J connectivity index is 2.22. The molecule has 0 saturated carbocycles. The molecule has 0 radical (unpaired) electrons. The molecule has 0 atom stereocenters. The number of hydrogen-bond donors (Lipinski definition) is 2. The minimum atomic E-state index is -3.48. The van der Waals surface area contributed by atoms with Gasteiger partial charge in [0, 0.05) is 22.8 Å². The third-order valence-electron chi connectivity index (χ3n) is 2.46. The third kappa shape index (κ3) is 2.81. The van der Waals surface area contributed by atoms with Gasteiger partial charge in [-0.2, -0.15) is 0 Å². The summed E-state index contributed by atoms with van der Waals surface area (Å²) >= 11 is 2.91. The number of nitrogens with one attached hydrogen (secondary N) is 1. The Hall–Kier alpha value is -0.730. The molecule has 0 bridgehead atoms. The Kier molecular flexibility index (Phi) is 4.18. The fourth-order valence-corrected chi connectivity index (χ4v) is 5.08. The molecule has 0 spiro atoms. The van der Waals surface area contributed by atoms with E-state index in [1.807, 2.05) is 22.9 Å². The van der Waals surface area contributed by atoms with Gasteiger partial charge < -0.3 is 5.73 Å². The highest BCUT2D eigenvalue weighted by atomic mass is 32.2. The van der Waals surface area contributed by atoms with Crippen LogP contribution in [0.2, 0.25) is 0 Å². The highest BCUT2D eigenvalue weighted by Crippen LogP contribution is 2.26. The molecular formula is C11H14N2O2S3. The van der Waals surface area contributed by atoms with Gasteiger partial charge >= 0.3 is 0 Å². The second-order valence-corrected chi connectivity index (χ2v) is 7.48. The number of hydrogen-bond acceptors (Lipinski definition) is 5. The molecule has 0 fully saturated rings. The maximum atomic E-state index is 12.2. The van der Waals surface area contributed by atoms with Crippen LogP contribution in [-0.2, 0) is 23.1 Å². The van der Waals surface area contributed by atoms with Crippen molar-refractivity contribution < 1.29 is 8.42 Å². The van der Waals surface area contributed by atoms with Crippen LogP contribution in [0, 0.1) is 6.92 Å². The first kappa shape index (κ1) is 13.7. The molecule has 2 aromatic rings. The molecule has 0 aromatic carbocycles. The molecule has 2 heterocycles. The largest absolute Gasteiger partial charge is 0.326 e. The van der Waals surface area contributed by atoms with Crippen LogP contribution < -0.4 is 10.5 Å². The maximum Gasteiger partial charge on any atom is 0.242 e. The van der Waals surface area contributed by atoms with E-state index in [0.717, 1.165) is 10.4 Å². The highest BCUT2D eigenvalue weighted by Gasteiger charge is 2.22. The van der Waals surface area contributed by atoms with Gasteiger partial charge in [-0.15, -0.1) is 22.7 Å². The summed E-state index contributed by atoms with van der Waals surface area (Å²) in [6, 6.07) is 3.80. The molecule has 98 valence electrons. The van der Waals surface area contributed by atoms with Crippen LogP contribution in [-0.4, -0.2) is 8.42 Å². The quantitative estimate of drug-likeness (QED) is 0.888. The van der Waals surface area contributed by atoms with Crippen molar-refractivity contribution in [2.24, 2.45) is 5.73 Å². The zero-order valence-corrected chi connectivity index (χ0v) is 12.3. The molecule has 0 unspecified atom stereocenters. The molecule has 18 heavy (non-hydrogen) atoms. The second-order valence-electron chi connectivity index (χ2n) is 3.78. The SMILES string of the molecule is Cc1csc(CN)c1S(=O)(=O)NCc1cccs1. The number of sulfonamides is 1. The van der Waals surface area contributed by atoms with Gasteiger partial charge in [-0.05, 0) is 29.3 Å². The number of rotatable bonds is 5. The first-order valence-corrected chi connectivity index (χ1v) is 8.58. The van der Waals surface area contributed by atoms with E-state index in [2.05, 4.69) is 4.72 Å². The molecule has 7 heteroatoms. The van der Waals surface area contributed by atoms with Gasteiger partial charge in [-0.1, -0.05) is 6.07 Å². The first-order valence-electron chi connectivity index (χ1n) is 5.33. The standard InChI is InChI=1S/C11H14N2O2S3/c1-8-7-17-10(5-12)11(8)18(14,15)13-6-9-3-2-4-16-9/h2-4,7,13H,5-6,12H2,1H3. The van der Waals surface area contributed by atoms with Gasteiger partial charge in [0.1, 0.15) is 4.90 Å². The van der Waals surface area contributed by atoms with Crippen molar-refractivity contribution in [3.63, 3.8) is 0 Å². The van der Waals surface area contributed by atoms with Gasteiger partial charge in [0.2, 0.25) is 10.0 Å². The monoisotopic (exact) mass is 302 g/mol. The minimum Gasteiger partial charge on any atom is -0.326 e. The van der Waals surface area contributed by atoms with Gasteiger partial charge in [0.25, 0.3) is 0 Å².